The van der Waals surface area contributed by atoms with Gasteiger partial charge >= 0.3 is 0 Å². The smallest absolute Gasteiger partial charge is 0.168 e. The van der Waals surface area contributed by atoms with E-state index < -0.39 is 0 Å². The van der Waals surface area contributed by atoms with Crippen molar-refractivity contribution in [2.45, 2.75) is 32.7 Å². The Morgan fingerprint density at radius 3 is 2.90 bits per heavy atom. The highest BCUT2D eigenvalue weighted by Crippen LogP contribution is 2.22. The average molecular weight is 295 g/mol. The lowest BCUT2D eigenvalue weighted by Crippen LogP contribution is -2.09. The third-order valence-electron chi connectivity index (χ3n) is 3.22. The molecule has 0 spiro atoms. The van der Waals surface area contributed by atoms with Crippen molar-refractivity contribution in [3.63, 3.8) is 0 Å². The van der Waals surface area contributed by atoms with Gasteiger partial charge in [0.1, 0.15) is 17.3 Å². The van der Waals surface area contributed by atoms with Crippen LogP contribution in [-0.2, 0) is 13.0 Å². The van der Waals surface area contributed by atoms with E-state index in [2.05, 4.69) is 11.9 Å². The first-order valence-electron chi connectivity index (χ1n) is 6.59. The molecule has 0 bridgehead atoms. The lowest BCUT2D eigenvalue weighted by molar-refractivity contribution is 0.111. The van der Waals surface area contributed by atoms with Crippen LogP contribution in [0.3, 0.4) is 0 Å². The molecule has 20 heavy (non-hydrogen) atoms. The van der Waals surface area contributed by atoms with Gasteiger partial charge in [0.15, 0.2) is 6.29 Å². The van der Waals surface area contributed by atoms with E-state index in [1.165, 1.54) is 12.3 Å². The number of aldehydes is 1. The molecule has 106 valence electrons. The minimum absolute atomic E-state index is 0.281. The van der Waals surface area contributed by atoms with Crippen LogP contribution in [-0.4, -0.2) is 15.8 Å². The molecule has 0 saturated carbocycles. The molecule has 0 amide bonds. The molecule has 0 aliphatic carbocycles. The number of benzene rings is 1. The SMILES string of the molecule is CCCCn1c(C=O)cnc1Cc1c(F)cccc1Cl. The van der Waals surface area contributed by atoms with Gasteiger partial charge in [-0.2, -0.15) is 0 Å². The molecule has 0 radical (unpaired) electrons. The Labute approximate surface area is 122 Å². The molecule has 2 rings (SSSR count). The van der Waals surface area contributed by atoms with Crippen molar-refractivity contribution in [3.05, 3.63) is 52.3 Å². The number of aromatic nitrogens is 2. The summed E-state index contributed by atoms with van der Waals surface area (Å²) in [5.41, 5.74) is 0.927. The van der Waals surface area contributed by atoms with E-state index in [9.17, 15) is 9.18 Å². The van der Waals surface area contributed by atoms with Gasteiger partial charge in [-0.05, 0) is 18.6 Å². The van der Waals surface area contributed by atoms with Gasteiger partial charge < -0.3 is 4.57 Å². The minimum atomic E-state index is -0.352. The molecule has 0 aliphatic heterocycles. The van der Waals surface area contributed by atoms with Gasteiger partial charge in [0.05, 0.1) is 6.20 Å². The zero-order valence-corrected chi connectivity index (χ0v) is 12.0. The molecule has 1 aromatic carbocycles. The van der Waals surface area contributed by atoms with E-state index in [-0.39, 0.29) is 12.2 Å². The van der Waals surface area contributed by atoms with E-state index in [0.29, 0.717) is 28.6 Å². The fraction of sp³-hybridized carbons (Fsp3) is 0.333. The second-order valence-corrected chi connectivity index (χ2v) is 5.01. The first-order valence-corrected chi connectivity index (χ1v) is 6.97. The summed E-state index contributed by atoms with van der Waals surface area (Å²) in [4.78, 5) is 15.3. The van der Waals surface area contributed by atoms with Gasteiger partial charge in [0.25, 0.3) is 0 Å². The van der Waals surface area contributed by atoms with Gasteiger partial charge in [-0.3, -0.25) is 4.79 Å². The number of imidazole rings is 1. The lowest BCUT2D eigenvalue weighted by Gasteiger charge is -2.10. The molecule has 0 atom stereocenters. The van der Waals surface area contributed by atoms with Gasteiger partial charge in [-0.15, -0.1) is 0 Å². The van der Waals surface area contributed by atoms with Crippen molar-refractivity contribution < 1.29 is 9.18 Å². The maximum Gasteiger partial charge on any atom is 0.168 e. The first kappa shape index (κ1) is 14.7. The van der Waals surface area contributed by atoms with Crippen LogP contribution in [0.2, 0.25) is 5.02 Å². The van der Waals surface area contributed by atoms with Crippen molar-refractivity contribution in [3.8, 4) is 0 Å². The van der Waals surface area contributed by atoms with Crippen LogP contribution >= 0.6 is 11.6 Å². The maximum atomic E-state index is 13.8. The van der Waals surface area contributed by atoms with E-state index in [4.69, 9.17) is 11.6 Å². The highest BCUT2D eigenvalue weighted by molar-refractivity contribution is 6.31. The van der Waals surface area contributed by atoms with Crippen molar-refractivity contribution in [1.82, 2.24) is 9.55 Å². The fourth-order valence-electron chi connectivity index (χ4n) is 2.10. The summed E-state index contributed by atoms with van der Waals surface area (Å²) in [5.74, 6) is 0.308. The number of unbranched alkanes of at least 4 members (excludes halogenated alkanes) is 1. The van der Waals surface area contributed by atoms with Crippen molar-refractivity contribution in [1.29, 1.82) is 0 Å². The summed E-state index contributed by atoms with van der Waals surface area (Å²) in [6.07, 6.45) is 4.52. The summed E-state index contributed by atoms with van der Waals surface area (Å²) in [6.45, 7) is 2.77. The van der Waals surface area contributed by atoms with Crippen LogP contribution < -0.4 is 0 Å². The standard InChI is InChI=1S/C15H16ClFN2O/c1-2-3-7-19-11(10-20)9-18-15(19)8-12-13(16)5-4-6-14(12)17/h4-6,9-10H,2-3,7-8H2,1H3. The zero-order chi connectivity index (χ0) is 14.5. The molecule has 1 heterocycles. The Bertz CT molecular complexity index is 590. The quantitative estimate of drug-likeness (QED) is 0.758. The summed E-state index contributed by atoms with van der Waals surface area (Å²) >= 11 is 6.03. The van der Waals surface area contributed by atoms with Crippen molar-refractivity contribution in [2.24, 2.45) is 0 Å². The Hall–Kier alpha value is -1.68. The van der Waals surface area contributed by atoms with Crippen LogP contribution in [0, 0.1) is 5.82 Å². The minimum Gasteiger partial charge on any atom is -0.326 e. The normalized spacial score (nSPS) is 10.8. The predicted molar refractivity (Wildman–Crippen MR) is 76.7 cm³/mol. The maximum absolute atomic E-state index is 13.8. The van der Waals surface area contributed by atoms with Crippen LogP contribution in [0.25, 0.3) is 0 Å². The number of nitrogens with zero attached hydrogens (tertiary/aromatic N) is 2. The van der Waals surface area contributed by atoms with E-state index >= 15 is 0 Å². The zero-order valence-electron chi connectivity index (χ0n) is 11.3. The average Bonchev–Trinajstić information content (AvgIpc) is 2.82. The largest absolute Gasteiger partial charge is 0.326 e. The summed E-state index contributed by atoms with van der Waals surface area (Å²) < 4.78 is 15.7. The number of halogens is 2. The van der Waals surface area contributed by atoms with Crippen LogP contribution in [0.15, 0.2) is 24.4 Å². The van der Waals surface area contributed by atoms with E-state index in [0.717, 1.165) is 19.1 Å². The Morgan fingerprint density at radius 1 is 1.45 bits per heavy atom. The molecular formula is C15H16ClFN2O. The van der Waals surface area contributed by atoms with Gasteiger partial charge in [-0.25, -0.2) is 9.37 Å². The molecular weight excluding hydrogens is 279 g/mol. The number of rotatable bonds is 6. The monoisotopic (exact) mass is 294 g/mol. The summed E-state index contributed by atoms with van der Waals surface area (Å²) in [6, 6.07) is 4.60. The topological polar surface area (TPSA) is 34.9 Å². The third-order valence-corrected chi connectivity index (χ3v) is 3.58. The van der Waals surface area contributed by atoms with Crippen LogP contribution in [0.4, 0.5) is 4.39 Å². The molecule has 0 N–H and O–H groups in total. The molecule has 0 saturated heterocycles. The molecule has 3 nitrogen and oxygen atoms in total. The molecule has 1 aromatic heterocycles. The highest BCUT2D eigenvalue weighted by Gasteiger charge is 2.14. The number of hydrogen-bond acceptors (Lipinski definition) is 2. The van der Waals surface area contributed by atoms with Crippen LogP contribution in [0.1, 0.15) is 41.6 Å². The van der Waals surface area contributed by atoms with Gasteiger partial charge in [0, 0.05) is 23.6 Å². The fourth-order valence-corrected chi connectivity index (χ4v) is 2.33. The molecule has 0 fully saturated rings. The second-order valence-electron chi connectivity index (χ2n) is 4.60. The van der Waals surface area contributed by atoms with E-state index in [1.54, 1.807) is 12.1 Å². The third kappa shape index (κ3) is 3.07. The Balaban J connectivity index is 2.33. The molecule has 0 aliphatic rings. The number of carbonyl (C=O) groups is 1. The van der Waals surface area contributed by atoms with Crippen molar-refractivity contribution in [2.75, 3.05) is 0 Å². The molecule has 5 heteroatoms. The van der Waals surface area contributed by atoms with Crippen molar-refractivity contribution >= 4 is 17.9 Å². The summed E-state index contributed by atoms with van der Waals surface area (Å²) in [5, 5.41) is 0.377. The Kier molecular flexibility index (Phi) is 4.90. The second kappa shape index (κ2) is 6.66. The van der Waals surface area contributed by atoms with E-state index in [1.807, 2.05) is 4.57 Å². The number of hydrogen-bond donors (Lipinski definition) is 0. The summed E-state index contributed by atoms with van der Waals surface area (Å²) in [7, 11) is 0. The Morgan fingerprint density at radius 2 is 2.25 bits per heavy atom. The molecule has 0 unspecified atom stereocenters. The van der Waals surface area contributed by atoms with Gasteiger partial charge in [-0.1, -0.05) is 31.0 Å². The highest BCUT2D eigenvalue weighted by atomic mass is 35.5. The van der Waals surface area contributed by atoms with Crippen LogP contribution in [0.5, 0.6) is 0 Å². The lowest BCUT2D eigenvalue weighted by atomic mass is 10.1. The predicted octanol–water partition coefficient (Wildman–Crippen LogP) is 3.88. The number of carbonyl (C=O) groups excluding carboxylic acids is 1. The molecule has 2 aromatic rings. The first-order chi connectivity index (χ1) is 9.67. The van der Waals surface area contributed by atoms with Gasteiger partial charge in [0.2, 0.25) is 0 Å².